The lowest BCUT2D eigenvalue weighted by atomic mass is 10.0. The second-order valence-corrected chi connectivity index (χ2v) is 10.5. The highest BCUT2D eigenvalue weighted by atomic mass is 32.2. The van der Waals surface area contributed by atoms with Gasteiger partial charge < -0.3 is 15.1 Å². The number of amides is 3. The number of anilines is 1. The average molecular weight is 490 g/mol. The van der Waals surface area contributed by atoms with Crippen LogP contribution in [0.2, 0.25) is 0 Å². The van der Waals surface area contributed by atoms with Gasteiger partial charge in [-0.25, -0.2) is 8.42 Å². The Kier molecular flexibility index (Phi) is 5.86. The second-order valence-electron chi connectivity index (χ2n) is 8.54. The molecule has 1 unspecified atom stereocenters. The largest absolute Gasteiger partial charge is 0.337 e. The third kappa shape index (κ3) is 4.42. The molecule has 2 heterocycles. The molecule has 3 aromatic carbocycles. The minimum absolute atomic E-state index is 0.0686. The zero-order chi connectivity index (χ0) is 24.6. The summed E-state index contributed by atoms with van der Waals surface area (Å²) in [5.74, 6) is -2.00. The highest BCUT2D eigenvalue weighted by Gasteiger charge is 2.41. The number of nitrogens with one attached hydrogen (secondary N) is 1. The molecule has 2 aliphatic rings. The average Bonchev–Trinajstić information content (AvgIpc) is 2.98. The highest BCUT2D eigenvalue weighted by Crippen LogP contribution is 2.30. The molecular weight excluding hydrogens is 466 g/mol. The van der Waals surface area contributed by atoms with E-state index in [4.69, 9.17) is 0 Å². The van der Waals surface area contributed by atoms with Gasteiger partial charge in [0.2, 0.25) is 11.8 Å². The number of benzene rings is 3. The van der Waals surface area contributed by atoms with Crippen LogP contribution < -0.4 is 5.32 Å². The van der Waals surface area contributed by atoms with Crippen molar-refractivity contribution >= 4 is 33.2 Å². The lowest BCUT2D eigenvalue weighted by molar-refractivity contribution is -0.133. The van der Waals surface area contributed by atoms with Crippen LogP contribution in [0.5, 0.6) is 0 Å². The van der Waals surface area contributed by atoms with Gasteiger partial charge in [-0.15, -0.1) is 0 Å². The summed E-state index contributed by atoms with van der Waals surface area (Å²) < 4.78 is 25.3. The summed E-state index contributed by atoms with van der Waals surface area (Å²) in [5.41, 5.74) is 2.60. The molecule has 1 atom stereocenters. The van der Waals surface area contributed by atoms with Gasteiger partial charge in [-0.2, -0.15) is 0 Å². The summed E-state index contributed by atoms with van der Waals surface area (Å²) >= 11 is 0. The molecule has 178 valence electrons. The smallest absolute Gasteiger partial charge is 0.256 e. The van der Waals surface area contributed by atoms with E-state index >= 15 is 0 Å². The van der Waals surface area contributed by atoms with E-state index < -0.39 is 33.4 Å². The number of rotatable bonds is 4. The van der Waals surface area contributed by atoms with E-state index in [1.165, 1.54) is 21.9 Å². The maximum absolute atomic E-state index is 13.4. The van der Waals surface area contributed by atoms with Crippen molar-refractivity contribution in [1.29, 1.82) is 0 Å². The molecule has 1 saturated heterocycles. The van der Waals surface area contributed by atoms with E-state index in [0.717, 1.165) is 11.1 Å². The summed E-state index contributed by atoms with van der Waals surface area (Å²) in [4.78, 5) is 42.2. The molecule has 0 radical (unpaired) electrons. The van der Waals surface area contributed by atoms with E-state index in [-0.39, 0.29) is 30.4 Å². The molecule has 1 N–H and O–H groups in total. The van der Waals surface area contributed by atoms with Crippen LogP contribution in [-0.2, 0) is 19.4 Å². The fourth-order valence-corrected chi connectivity index (χ4v) is 5.70. The Morgan fingerprint density at radius 3 is 2.29 bits per heavy atom. The number of fused-ring (bicyclic) bond motifs is 2. The van der Waals surface area contributed by atoms with Gasteiger partial charge in [0.05, 0.1) is 22.7 Å². The van der Waals surface area contributed by atoms with Gasteiger partial charge in [0.25, 0.3) is 5.91 Å². The quantitative estimate of drug-likeness (QED) is 0.606. The van der Waals surface area contributed by atoms with Gasteiger partial charge in [0.15, 0.2) is 9.84 Å². The lowest BCUT2D eigenvalue weighted by Crippen LogP contribution is -2.60. The summed E-state index contributed by atoms with van der Waals surface area (Å²) in [6.07, 6.45) is 0. The Hall–Kier alpha value is -3.98. The van der Waals surface area contributed by atoms with Crippen LogP contribution in [0.25, 0.3) is 11.1 Å². The van der Waals surface area contributed by atoms with E-state index in [2.05, 4.69) is 5.32 Å². The van der Waals surface area contributed by atoms with Crippen molar-refractivity contribution in [3.63, 3.8) is 0 Å². The first-order valence-corrected chi connectivity index (χ1v) is 12.9. The van der Waals surface area contributed by atoms with Gasteiger partial charge in [0.1, 0.15) is 11.8 Å². The van der Waals surface area contributed by atoms with E-state index in [1.54, 1.807) is 30.3 Å². The normalized spacial score (nSPS) is 17.8. The molecule has 0 aromatic heterocycles. The SMILES string of the molecule is O=C1Nc2ccc(-c3ccccc3)cc2C(=O)N2CCN(C(=O)CS(=O)(=O)c3ccccc3)CC12. The van der Waals surface area contributed by atoms with Crippen molar-refractivity contribution < 1.29 is 22.8 Å². The van der Waals surface area contributed by atoms with Crippen LogP contribution in [0.3, 0.4) is 0 Å². The van der Waals surface area contributed by atoms with Crippen LogP contribution >= 0.6 is 0 Å². The molecule has 0 spiro atoms. The van der Waals surface area contributed by atoms with Gasteiger partial charge in [-0.3, -0.25) is 14.4 Å². The van der Waals surface area contributed by atoms with Gasteiger partial charge in [-0.1, -0.05) is 54.6 Å². The van der Waals surface area contributed by atoms with Crippen LogP contribution in [0.4, 0.5) is 5.69 Å². The summed E-state index contributed by atoms with van der Waals surface area (Å²) in [7, 11) is -3.82. The van der Waals surface area contributed by atoms with Crippen LogP contribution in [0.1, 0.15) is 10.4 Å². The van der Waals surface area contributed by atoms with E-state index in [9.17, 15) is 22.8 Å². The Morgan fingerprint density at radius 1 is 0.886 bits per heavy atom. The second kappa shape index (κ2) is 8.99. The first-order valence-electron chi connectivity index (χ1n) is 11.2. The van der Waals surface area contributed by atoms with Gasteiger partial charge >= 0.3 is 0 Å². The predicted molar refractivity (Wildman–Crippen MR) is 130 cm³/mol. The maximum Gasteiger partial charge on any atom is 0.256 e. The predicted octanol–water partition coefficient (Wildman–Crippen LogP) is 2.43. The van der Waals surface area contributed by atoms with Crippen LogP contribution in [0, 0.1) is 0 Å². The Morgan fingerprint density at radius 2 is 1.57 bits per heavy atom. The van der Waals surface area contributed by atoms with Crippen molar-refractivity contribution in [3.8, 4) is 11.1 Å². The topological polar surface area (TPSA) is 104 Å². The third-order valence-corrected chi connectivity index (χ3v) is 7.94. The number of carbonyl (C=O) groups is 3. The van der Waals surface area contributed by atoms with Crippen molar-refractivity contribution in [2.24, 2.45) is 0 Å². The summed E-state index contributed by atoms with van der Waals surface area (Å²) in [6.45, 7) is 0.204. The zero-order valence-electron chi connectivity index (χ0n) is 18.8. The molecule has 0 bridgehead atoms. The molecule has 0 saturated carbocycles. The molecule has 2 aliphatic heterocycles. The van der Waals surface area contributed by atoms with Gasteiger partial charge in [-0.05, 0) is 35.4 Å². The number of carbonyl (C=O) groups excluding carboxylic acids is 3. The molecule has 1 fully saturated rings. The fraction of sp³-hybridized carbons (Fsp3) is 0.192. The molecule has 9 heteroatoms. The minimum atomic E-state index is -3.82. The summed E-state index contributed by atoms with van der Waals surface area (Å²) in [5, 5.41) is 2.81. The lowest BCUT2D eigenvalue weighted by Gasteiger charge is -2.39. The van der Waals surface area contributed by atoms with E-state index in [1.807, 2.05) is 36.4 Å². The van der Waals surface area contributed by atoms with Crippen LogP contribution in [0.15, 0.2) is 83.8 Å². The number of hydrogen-bond donors (Lipinski definition) is 1. The highest BCUT2D eigenvalue weighted by molar-refractivity contribution is 7.92. The molecule has 3 aromatic rings. The number of piperazine rings is 1. The number of hydrogen-bond acceptors (Lipinski definition) is 5. The molecule has 5 rings (SSSR count). The van der Waals surface area contributed by atoms with E-state index in [0.29, 0.717) is 11.3 Å². The Bertz CT molecular complexity index is 1410. The number of sulfone groups is 1. The Labute approximate surface area is 203 Å². The van der Waals surface area contributed by atoms with Gasteiger partial charge in [0, 0.05) is 13.1 Å². The van der Waals surface area contributed by atoms with Crippen LogP contribution in [-0.4, -0.2) is 67.4 Å². The molecule has 3 amide bonds. The maximum atomic E-state index is 13.4. The third-order valence-electron chi connectivity index (χ3n) is 6.33. The van der Waals surface area contributed by atoms with Crippen molar-refractivity contribution in [3.05, 3.63) is 84.4 Å². The molecular formula is C26H23N3O5S. The first kappa shape index (κ1) is 22.8. The monoisotopic (exact) mass is 489 g/mol. The van der Waals surface area contributed by atoms with Crippen molar-refractivity contribution in [1.82, 2.24) is 9.80 Å². The first-order chi connectivity index (χ1) is 16.8. The van der Waals surface area contributed by atoms with Crippen molar-refractivity contribution in [2.45, 2.75) is 10.9 Å². The zero-order valence-corrected chi connectivity index (χ0v) is 19.6. The summed E-state index contributed by atoms with van der Waals surface area (Å²) in [6, 6.07) is 21.8. The van der Waals surface area contributed by atoms with Crippen molar-refractivity contribution in [2.75, 3.05) is 30.7 Å². The number of nitrogens with zero attached hydrogens (tertiary/aromatic N) is 2. The Balaban J connectivity index is 1.36. The fourth-order valence-electron chi connectivity index (χ4n) is 4.45. The standard InChI is InChI=1S/C26H23N3O5S/c30-24(17-35(33,34)20-9-5-2-6-10-20)28-13-14-29-23(16-28)25(31)27-22-12-11-19(15-21(22)26(29)32)18-7-3-1-4-8-18/h1-12,15,23H,13-14,16-17H2,(H,27,31). The minimum Gasteiger partial charge on any atom is -0.337 e. The molecule has 0 aliphatic carbocycles. The molecule has 35 heavy (non-hydrogen) atoms. The molecule has 8 nitrogen and oxygen atoms in total.